The van der Waals surface area contributed by atoms with E-state index in [1.165, 1.54) is 6.07 Å². The lowest BCUT2D eigenvalue weighted by Gasteiger charge is -2.25. The van der Waals surface area contributed by atoms with Crippen LogP contribution < -0.4 is 10.9 Å². The maximum absolute atomic E-state index is 11.7. The average Bonchev–Trinajstić information content (AvgIpc) is 2.74. The summed E-state index contributed by atoms with van der Waals surface area (Å²) in [6.07, 6.45) is 3.39. The largest absolute Gasteiger partial charge is 0.399 e. The van der Waals surface area contributed by atoms with Crippen molar-refractivity contribution in [2.45, 2.75) is 10.9 Å². The molecular weight excluding hydrogens is 280 g/mol. The van der Waals surface area contributed by atoms with Crippen molar-refractivity contribution < 1.29 is 13.2 Å². The fraction of sp³-hybridized carbons (Fsp3) is 0.250. The van der Waals surface area contributed by atoms with Gasteiger partial charge in [-0.3, -0.25) is 4.68 Å². The number of rotatable bonds is 3. The molecule has 1 fully saturated rings. The van der Waals surface area contributed by atoms with Gasteiger partial charge in [0.25, 0.3) is 0 Å². The molecule has 8 heteroatoms. The summed E-state index contributed by atoms with van der Waals surface area (Å²) >= 11 is 0. The minimum absolute atomic E-state index is 0.00177. The molecule has 7 nitrogen and oxygen atoms in total. The van der Waals surface area contributed by atoms with Gasteiger partial charge in [0, 0.05) is 23.0 Å². The van der Waals surface area contributed by atoms with Crippen LogP contribution in [0.1, 0.15) is 6.04 Å². The number of aromatic nitrogens is 2. The van der Waals surface area contributed by atoms with Crippen LogP contribution in [0.4, 0.5) is 5.69 Å². The van der Waals surface area contributed by atoms with E-state index in [1.54, 1.807) is 29.2 Å². The molecule has 1 aliphatic rings. The van der Waals surface area contributed by atoms with Crippen LogP contribution in [-0.2, 0) is 14.8 Å². The van der Waals surface area contributed by atoms with E-state index in [9.17, 15) is 8.42 Å². The Morgan fingerprint density at radius 2 is 2.10 bits per heavy atom. The smallest absolute Gasteiger partial charge is 0.238 e. The molecule has 0 spiro atoms. The van der Waals surface area contributed by atoms with Crippen molar-refractivity contribution in [3.8, 4) is 11.1 Å². The van der Waals surface area contributed by atoms with Gasteiger partial charge in [0.2, 0.25) is 10.0 Å². The summed E-state index contributed by atoms with van der Waals surface area (Å²) in [7, 11) is -3.85. The number of anilines is 1. The van der Waals surface area contributed by atoms with Gasteiger partial charge in [-0.25, -0.2) is 13.6 Å². The Labute approximate surface area is 116 Å². The van der Waals surface area contributed by atoms with Gasteiger partial charge in [-0.1, -0.05) is 6.07 Å². The monoisotopic (exact) mass is 294 g/mol. The number of nitrogens with two attached hydrogens (primary N) is 2. The SMILES string of the molecule is Nc1ccc(-c2cnn(C3COC3)c2)c(S(N)(=O)=O)c1. The number of primary sulfonamides is 1. The third kappa shape index (κ3) is 2.28. The number of sulfonamides is 1. The van der Waals surface area contributed by atoms with Crippen molar-refractivity contribution in [3.05, 3.63) is 30.6 Å². The molecule has 0 unspecified atom stereocenters. The molecule has 3 rings (SSSR count). The van der Waals surface area contributed by atoms with E-state index in [0.29, 0.717) is 30.0 Å². The Morgan fingerprint density at radius 1 is 1.35 bits per heavy atom. The molecule has 2 aromatic rings. The first-order valence-corrected chi connectivity index (χ1v) is 7.54. The minimum Gasteiger partial charge on any atom is -0.399 e. The Bertz CT molecular complexity index is 750. The molecule has 0 radical (unpaired) electrons. The van der Waals surface area contributed by atoms with Crippen LogP contribution in [-0.4, -0.2) is 31.4 Å². The zero-order valence-electron chi connectivity index (χ0n) is 10.6. The molecule has 0 atom stereocenters. The van der Waals surface area contributed by atoms with Crippen LogP contribution in [0, 0.1) is 0 Å². The minimum atomic E-state index is -3.85. The molecule has 0 amide bonds. The molecule has 4 N–H and O–H groups in total. The number of hydrogen-bond donors (Lipinski definition) is 2. The highest BCUT2D eigenvalue weighted by atomic mass is 32.2. The maximum atomic E-state index is 11.7. The maximum Gasteiger partial charge on any atom is 0.238 e. The molecule has 106 valence electrons. The van der Waals surface area contributed by atoms with Gasteiger partial charge in [-0.05, 0) is 12.1 Å². The number of nitrogen functional groups attached to an aromatic ring is 1. The summed E-state index contributed by atoms with van der Waals surface area (Å²) < 4.78 is 30.2. The predicted octanol–water partition coefficient (Wildman–Crippen LogP) is 0.351. The molecule has 2 heterocycles. The van der Waals surface area contributed by atoms with Gasteiger partial charge in [0.1, 0.15) is 0 Å². The number of benzene rings is 1. The van der Waals surface area contributed by atoms with E-state index in [0.717, 1.165) is 0 Å². The van der Waals surface area contributed by atoms with Crippen molar-refractivity contribution in [2.24, 2.45) is 5.14 Å². The second-order valence-corrected chi connectivity index (χ2v) is 6.23. The molecule has 1 aromatic heterocycles. The molecule has 1 saturated heterocycles. The molecule has 0 saturated carbocycles. The van der Waals surface area contributed by atoms with E-state index in [1.807, 2.05) is 0 Å². The Morgan fingerprint density at radius 3 is 2.70 bits per heavy atom. The number of ether oxygens (including phenoxy) is 1. The van der Waals surface area contributed by atoms with Gasteiger partial charge in [0.15, 0.2) is 0 Å². The summed E-state index contributed by atoms with van der Waals surface area (Å²) in [4.78, 5) is 0.00177. The molecule has 0 bridgehead atoms. The van der Waals surface area contributed by atoms with Crippen molar-refractivity contribution in [1.29, 1.82) is 0 Å². The van der Waals surface area contributed by atoms with E-state index < -0.39 is 10.0 Å². The molecule has 20 heavy (non-hydrogen) atoms. The van der Waals surface area contributed by atoms with Gasteiger partial charge >= 0.3 is 0 Å². The second-order valence-electron chi connectivity index (χ2n) is 4.70. The van der Waals surface area contributed by atoms with Crippen LogP contribution in [0.2, 0.25) is 0 Å². The van der Waals surface area contributed by atoms with Crippen LogP contribution in [0.5, 0.6) is 0 Å². The normalized spacial score (nSPS) is 16.1. The van der Waals surface area contributed by atoms with Crippen molar-refractivity contribution in [3.63, 3.8) is 0 Å². The van der Waals surface area contributed by atoms with Crippen LogP contribution in [0.15, 0.2) is 35.5 Å². The standard InChI is InChI=1S/C12H14N4O3S/c13-9-1-2-11(12(3-9)20(14,17)18)8-4-15-16(5-8)10-6-19-7-10/h1-5,10H,6-7,13H2,(H2,14,17,18). The van der Waals surface area contributed by atoms with Crippen molar-refractivity contribution >= 4 is 15.7 Å². The lowest BCUT2D eigenvalue weighted by molar-refractivity contribution is -0.0286. The molecule has 1 aromatic carbocycles. The van der Waals surface area contributed by atoms with Gasteiger partial charge in [-0.15, -0.1) is 0 Å². The first kappa shape index (κ1) is 13.1. The van der Waals surface area contributed by atoms with Crippen molar-refractivity contribution in [2.75, 3.05) is 18.9 Å². The highest BCUT2D eigenvalue weighted by Gasteiger charge is 2.22. The van der Waals surface area contributed by atoms with E-state index in [-0.39, 0.29) is 10.9 Å². The first-order valence-electron chi connectivity index (χ1n) is 6.00. The van der Waals surface area contributed by atoms with Crippen molar-refractivity contribution in [1.82, 2.24) is 9.78 Å². The average molecular weight is 294 g/mol. The summed E-state index contributed by atoms with van der Waals surface area (Å²) in [5.41, 5.74) is 7.15. The topological polar surface area (TPSA) is 113 Å². The Kier molecular flexibility index (Phi) is 3.00. The third-order valence-electron chi connectivity index (χ3n) is 3.22. The fourth-order valence-electron chi connectivity index (χ4n) is 2.07. The van der Waals surface area contributed by atoms with Gasteiger partial charge in [-0.2, -0.15) is 5.10 Å². The highest BCUT2D eigenvalue weighted by Crippen LogP contribution is 2.29. The van der Waals surface area contributed by atoms with E-state index in [4.69, 9.17) is 15.6 Å². The number of nitrogens with zero attached hydrogens (tertiary/aromatic N) is 2. The predicted molar refractivity (Wildman–Crippen MR) is 73.3 cm³/mol. The van der Waals surface area contributed by atoms with Gasteiger partial charge in [0.05, 0.1) is 30.3 Å². The first-order chi connectivity index (χ1) is 9.45. The molecule has 1 aliphatic heterocycles. The Hall–Kier alpha value is -1.90. The lowest BCUT2D eigenvalue weighted by atomic mass is 10.1. The summed E-state index contributed by atoms with van der Waals surface area (Å²) in [5, 5.41) is 9.47. The zero-order valence-corrected chi connectivity index (χ0v) is 11.4. The molecular formula is C12H14N4O3S. The van der Waals surface area contributed by atoms with E-state index >= 15 is 0 Å². The third-order valence-corrected chi connectivity index (χ3v) is 4.17. The summed E-state index contributed by atoms with van der Waals surface area (Å²) in [6, 6.07) is 4.83. The number of hydrogen-bond acceptors (Lipinski definition) is 5. The van der Waals surface area contributed by atoms with Crippen LogP contribution in [0.25, 0.3) is 11.1 Å². The lowest BCUT2D eigenvalue weighted by Crippen LogP contribution is -2.30. The highest BCUT2D eigenvalue weighted by molar-refractivity contribution is 7.89. The Balaban J connectivity index is 2.07. The van der Waals surface area contributed by atoms with Crippen LogP contribution in [0.3, 0.4) is 0 Å². The van der Waals surface area contributed by atoms with E-state index in [2.05, 4.69) is 5.10 Å². The second kappa shape index (κ2) is 4.58. The van der Waals surface area contributed by atoms with Crippen LogP contribution >= 0.6 is 0 Å². The molecule has 0 aliphatic carbocycles. The zero-order chi connectivity index (χ0) is 14.3. The van der Waals surface area contributed by atoms with Gasteiger partial charge < -0.3 is 10.5 Å². The summed E-state index contributed by atoms with van der Waals surface area (Å²) in [5.74, 6) is 0. The fourth-order valence-corrected chi connectivity index (χ4v) is 2.86. The summed E-state index contributed by atoms with van der Waals surface area (Å²) in [6.45, 7) is 1.23. The quantitative estimate of drug-likeness (QED) is 0.793.